The summed E-state index contributed by atoms with van der Waals surface area (Å²) in [7, 11) is 0. The number of aromatic nitrogens is 8. The van der Waals surface area contributed by atoms with E-state index < -0.39 is 0 Å². The molecule has 1 aromatic carbocycles. The monoisotopic (exact) mass is 398 g/mol. The zero-order chi connectivity index (χ0) is 19.5. The summed E-state index contributed by atoms with van der Waals surface area (Å²) in [5.74, 6) is 1.96. The summed E-state index contributed by atoms with van der Waals surface area (Å²) in [4.78, 5) is 12.9. The Morgan fingerprint density at radius 1 is 1.04 bits per heavy atom. The predicted octanol–water partition coefficient (Wildman–Crippen LogP) is 2.53. The molecular formula is C18H22N8OS. The molecule has 0 spiro atoms. The Bertz CT molecular complexity index is 1160. The third-order valence-corrected chi connectivity index (χ3v) is 5.51. The van der Waals surface area contributed by atoms with Crippen molar-refractivity contribution >= 4 is 28.4 Å². The molecule has 0 atom stereocenters. The third kappa shape index (κ3) is 3.28. The quantitative estimate of drug-likeness (QED) is 0.421. The van der Waals surface area contributed by atoms with E-state index in [4.69, 9.17) is 0 Å². The number of fused-ring (bicyclic) bond motifs is 3. The molecule has 0 saturated heterocycles. The average molecular weight is 398 g/mol. The zero-order valence-corrected chi connectivity index (χ0v) is 16.8. The molecule has 0 N–H and O–H groups in total. The standard InChI is InChI=1S/C18H22N8OS/c1-3-5-11-25-15(19-22-23-25)12-28-18-21-20-17-24(10-4-2)16(27)13-8-6-7-9-14(13)26(17)18/h6-9H,3-5,10-12H2,1-2H3. The van der Waals surface area contributed by atoms with Crippen LogP contribution in [0, 0.1) is 0 Å². The maximum absolute atomic E-state index is 12.9. The fraction of sp³-hybridized carbons (Fsp3) is 0.444. The number of rotatable bonds is 8. The Hall–Kier alpha value is -2.75. The molecule has 3 aromatic heterocycles. The molecular weight excluding hydrogens is 376 g/mol. The van der Waals surface area contributed by atoms with E-state index in [9.17, 15) is 4.79 Å². The number of unbranched alkanes of at least 4 members (excludes halogenated alkanes) is 1. The van der Waals surface area contributed by atoms with Crippen molar-refractivity contribution in [3.8, 4) is 0 Å². The first-order chi connectivity index (χ1) is 13.7. The number of hydrogen-bond donors (Lipinski definition) is 0. The van der Waals surface area contributed by atoms with Gasteiger partial charge in [0.15, 0.2) is 11.0 Å². The van der Waals surface area contributed by atoms with Crippen molar-refractivity contribution in [2.45, 2.75) is 57.1 Å². The van der Waals surface area contributed by atoms with E-state index in [2.05, 4.69) is 32.6 Å². The molecule has 4 rings (SSSR count). The minimum atomic E-state index is -0.0302. The topological polar surface area (TPSA) is 95.8 Å². The number of hydrogen-bond acceptors (Lipinski definition) is 7. The van der Waals surface area contributed by atoms with Gasteiger partial charge in [-0.15, -0.1) is 15.3 Å². The highest BCUT2D eigenvalue weighted by Gasteiger charge is 2.17. The molecule has 4 aromatic rings. The molecule has 10 heteroatoms. The SMILES string of the molecule is CCCCn1nnnc1CSc1nnc2n(CCC)c(=O)c3ccccc3n12. The van der Waals surface area contributed by atoms with Crippen LogP contribution in [0.15, 0.2) is 34.2 Å². The Morgan fingerprint density at radius 3 is 2.71 bits per heavy atom. The fourth-order valence-corrected chi connectivity index (χ4v) is 4.06. The van der Waals surface area contributed by atoms with Crippen molar-refractivity contribution in [2.75, 3.05) is 0 Å². The molecule has 9 nitrogen and oxygen atoms in total. The second kappa shape index (κ2) is 8.09. The number of benzene rings is 1. The van der Waals surface area contributed by atoms with Crippen LogP contribution in [0.5, 0.6) is 0 Å². The molecule has 0 bridgehead atoms. The van der Waals surface area contributed by atoms with E-state index in [0.717, 1.165) is 42.3 Å². The molecule has 0 aliphatic carbocycles. The fourth-order valence-electron chi connectivity index (χ4n) is 3.19. The van der Waals surface area contributed by atoms with Gasteiger partial charge >= 0.3 is 0 Å². The lowest BCUT2D eigenvalue weighted by atomic mass is 10.2. The van der Waals surface area contributed by atoms with Gasteiger partial charge in [0, 0.05) is 13.1 Å². The first kappa shape index (κ1) is 18.6. The van der Waals surface area contributed by atoms with Crippen LogP contribution in [0.3, 0.4) is 0 Å². The minimum absolute atomic E-state index is 0.0302. The zero-order valence-electron chi connectivity index (χ0n) is 15.9. The number of tetrazole rings is 1. The molecule has 0 amide bonds. The van der Waals surface area contributed by atoms with Gasteiger partial charge in [-0.3, -0.25) is 13.8 Å². The van der Waals surface area contributed by atoms with Crippen molar-refractivity contribution in [1.82, 2.24) is 39.4 Å². The molecule has 3 heterocycles. The van der Waals surface area contributed by atoms with Gasteiger partial charge in [-0.1, -0.05) is 44.2 Å². The highest BCUT2D eigenvalue weighted by Crippen LogP contribution is 2.24. The molecule has 28 heavy (non-hydrogen) atoms. The number of thioether (sulfide) groups is 1. The van der Waals surface area contributed by atoms with Gasteiger partial charge in [-0.25, -0.2) is 4.68 Å². The Labute approximate surface area is 165 Å². The second-order valence-corrected chi connectivity index (χ2v) is 7.49. The van der Waals surface area contributed by atoms with Gasteiger partial charge < -0.3 is 0 Å². The van der Waals surface area contributed by atoms with Gasteiger partial charge in [0.05, 0.1) is 16.7 Å². The Kier molecular flexibility index (Phi) is 5.38. The van der Waals surface area contributed by atoms with Crippen LogP contribution in [0.4, 0.5) is 0 Å². The van der Waals surface area contributed by atoms with Crippen molar-refractivity contribution in [1.29, 1.82) is 0 Å². The van der Waals surface area contributed by atoms with Crippen LogP contribution in [0.1, 0.15) is 38.9 Å². The number of aryl methyl sites for hydroxylation is 2. The van der Waals surface area contributed by atoms with E-state index in [1.807, 2.05) is 40.3 Å². The van der Waals surface area contributed by atoms with E-state index in [1.165, 1.54) is 11.8 Å². The summed E-state index contributed by atoms with van der Waals surface area (Å²) in [6.07, 6.45) is 2.96. The normalized spacial score (nSPS) is 11.6. The summed E-state index contributed by atoms with van der Waals surface area (Å²) in [6.45, 7) is 5.59. The van der Waals surface area contributed by atoms with Crippen LogP contribution in [0.25, 0.3) is 16.7 Å². The van der Waals surface area contributed by atoms with Crippen LogP contribution in [-0.2, 0) is 18.8 Å². The summed E-state index contributed by atoms with van der Waals surface area (Å²) in [5, 5.41) is 22.1. The summed E-state index contributed by atoms with van der Waals surface area (Å²) in [6, 6.07) is 7.58. The lowest BCUT2D eigenvalue weighted by Gasteiger charge is -2.10. The Balaban J connectivity index is 1.75. The van der Waals surface area contributed by atoms with Gasteiger partial charge in [-0.2, -0.15) is 0 Å². The van der Waals surface area contributed by atoms with Crippen LogP contribution >= 0.6 is 11.8 Å². The van der Waals surface area contributed by atoms with E-state index in [1.54, 1.807) is 4.57 Å². The Morgan fingerprint density at radius 2 is 1.89 bits per heavy atom. The summed E-state index contributed by atoms with van der Waals surface area (Å²) in [5.41, 5.74) is 0.783. The van der Waals surface area contributed by atoms with Crippen LogP contribution in [-0.4, -0.2) is 39.4 Å². The number of para-hydroxylation sites is 1. The number of nitrogens with zero attached hydrogens (tertiary/aromatic N) is 8. The molecule has 146 valence electrons. The lowest BCUT2D eigenvalue weighted by molar-refractivity contribution is 0.540. The average Bonchev–Trinajstić information content (AvgIpc) is 3.34. The van der Waals surface area contributed by atoms with Crippen molar-refractivity contribution in [3.05, 3.63) is 40.4 Å². The highest BCUT2D eigenvalue weighted by atomic mass is 32.2. The largest absolute Gasteiger partial charge is 0.276 e. The van der Waals surface area contributed by atoms with Crippen molar-refractivity contribution in [3.63, 3.8) is 0 Å². The minimum Gasteiger partial charge on any atom is -0.276 e. The third-order valence-electron chi connectivity index (χ3n) is 4.59. The first-order valence-corrected chi connectivity index (χ1v) is 10.5. The molecule has 0 radical (unpaired) electrons. The maximum Gasteiger partial charge on any atom is 0.262 e. The molecule has 0 aliphatic rings. The van der Waals surface area contributed by atoms with E-state index >= 15 is 0 Å². The molecule has 0 unspecified atom stereocenters. The predicted molar refractivity (Wildman–Crippen MR) is 107 cm³/mol. The molecule has 0 aliphatic heterocycles. The maximum atomic E-state index is 12.9. The molecule has 0 saturated carbocycles. The molecule has 0 fully saturated rings. The smallest absolute Gasteiger partial charge is 0.262 e. The first-order valence-electron chi connectivity index (χ1n) is 9.49. The van der Waals surface area contributed by atoms with Crippen molar-refractivity contribution < 1.29 is 0 Å². The van der Waals surface area contributed by atoms with Crippen LogP contribution in [0.2, 0.25) is 0 Å². The van der Waals surface area contributed by atoms with Crippen molar-refractivity contribution in [2.24, 2.45) is 0 Å². The van der Waals surface area contributed by atoms with Crippen LogP contribution < -0.4 is 5.56 Å². The van der Waals surface area contributed by atoms with E-state index in [-0.39, 0.29) is 5.56 Å². The van der Waals surface area contributed by atoms with Gasteiger partial charge in [0.25, 0.3) is 5.56 Å². The van der Waals surface area contributed by atoms with E-state index in [0.29, 0.717) is 23.5 Å². The summed E-state index contributed by atoms with van der Waals surface area (Å²) >= 11 is 1.52. The highest BCUT2D eigenvalue weighted by molar-refractivity contribution is 7.98. The van der Waals surface area contributed by atoms with Gasteiger partial charge in [-0.05, 0) is 35.4 Å². The van der Waals surface area contributed by atoms with Gasteiger partial charge in [0.1, 0.15) is 0 Å². The van der Waals surface area contributed by atoms with Gasteiger partial charge in [0.2, 0.25) is 5.78 Å². The lowest BCUT2D eigenvalue weighted by Crippen LogP contribution is -2.23. The second-order valence-electron chi connectivity index (χ2n) is 6.55. The summed E-state index contributed by atoms with van der Waals surface area (Å²) < 4.78 is 5.49.